The minimum Gasteiger partial charge on any atom is -0.363 e. The van der Waals surface area contributed by atoms with Crippen LogP contribution in [0.4, 0.5) is 5.82 Å². The molecule has 0 aliphatic carbocycles. The molecule has 0 bridgehead atoms. The molecule has 34 heavy (non-hydrogen) atoms. The third-order valence-corrected chi connectivity index (χ3v) is 8.64. The van der Waals surface area contributed by atoms with Gasteiger partial charge in [-0.3, -0.25) is 0 Å². The molecule has 1 aliphatic heterocycles. The van der Waals surface area contributed by atoms with Crippen molar-refractivity contribution < 1.29 is 0 Å². The summed E-state index contributed by atoms with van der Waals surface area (Å²) in [6, 6.07) is 19.0. The fourth-order valence-corrected chi connectivity index (χ4v) is 6.50. The highest BCUT2D eigenvalue weighted by molar-refractivity contribution is 7.14. The smallest absolute Gasteiger partial charge is 0.153 e. The largest absolute Gasteiger partial charge is 0.363 e. The summed E-state index contributed by atoms with van der Waals surface area (Å²) >= 11 is 7.84. The molecule has 0 radical (unpaired) electrons. The van der Waals surface area contributed by atoms with Gasteiger partial charge in [0.1, 0.15) is 10.8 Å². The predicted molar refractivity (Wildman–Crippen MR) is 141 cm³/mol. The molecule has 1 unspecified atom stereocenters. The van der Waals surface area contributed by atoms with E-state index in [1.165, 1.54) is 11.1 Å². The lowest BCUT2D eigenvalue weighted by Gasteiger charge is -2.38. The highest BCUT2D eigenvalue weighted by atomic mass is 35.5. The molecule has 3 heterocycles. The Balaban J connectivity index is 1.55. The zero-order chi connectivity index (χ0) is 23.9. The van der Waals surface area contributed by atoms with E-state index in [0.717, 1.165) is 45.7 Å². The molecule has 0 amide bonds. The Bertz CT molecular complexity index is 1270. The molecular weight excluding hydrogens is 462 g/mol. The first-order chi connectivity index (χ1) is 16.4. The third kappa shape index (κ3) is 3.83. The second kappa shape index (κ2) is 8.82. The number of benzene rings is 2. The Hall–Kier alpha value is -2.70. The van der Waals surface area contributed by atoms with Gasteiger partial charge in [-0.15, -0.1) is 10.2 Å². The summed E-state index contributed by atoms with van der Waals surface area (Å²) in [4.78, 5) is 0. The molecule has 0 fully saturated rings. The summed E-state index contributed by atoms with van der Waals surface area (Å²) in [5.41, 5.74) is 3.21. The van der Waals surface area contributed by atoms with Crippen LogP contribution >= 0.6 is 22.9 Å². The van der Waals surface area contributed by atoms with Crippen molar-refractivity contribution >= 4 is 28.8 Å². The minimum atomic E-state index is -0.187. The zero-order valence-corrected chi connectivity index (χ0v) is 21.6. The fraction of sp³-hybridized carbons (Fsp3) is 0.370. The van der Waals surface area contributed by atoms with E-state index in [4.69, 9.17) is 21.8 Å². The third-order valence-electron chi connectivity index (χ3n) is 7.23. The summed E-state index contributed by atoms with van der Waals surface area (Å²) in [5.74, 6) is 1.01. The number of hydrogen-bond acceptors (Lipinski definition) is 5. The Kier molecular flexibility index (Phi) is 5.98. The van der Waals surface area contributed by atoms with Crippen LogP contribution in [0.25, 0.3) is 10.6 Å². The van der Waals surface area contributed by atoms with E-state index >= 15 is 0 Å². The maximum atomic E-state index is 6.17. The number of aromatic nitrogens is 4. The van der Waals surface area contributed by atoms with Gasteiger partial charge in [0.05, 0.1) is 23.3 Å². The second-order valence-electron chi connectivity index (χ2n) is 9.65. The minimum absolute atomic E-state index is 0.118. The molecule has 0 spiro atoms. The monoisotopic (exact) mass is 491 g/mol. The van der Waals surface area contributed by atoms with Crippen molar-refractivity contribution in [2.45, 2.75) is 64.0 Å². The topological polar surface area (TPSA) is 55.6 Å². The molecule has 2 aromatic carbocycles. The Morgan fingerprint density at radius 3 is 2.44 bits per heavy atom. The molecule has 4 aromatic rings. The summed E-state index contributed by atoms with van der Waals surface area (Å²) in [6.45, 7) is 8.93. The van der Waals surface area contributed by atoms with Gasteiger partial charge in [-0.25, -0.2) is 4.68 Å². The van der Waals surface area contributed by atoms with E-state index in [1.807, 2.05) is 18.3 Å². The van der Waals surface area contributed by atoms with Crippen LogP contribution in [0, 0.1) is 0 Å². The Morgan fingerprint density at radius 1 is 1.06 bits per heavy atom. The summed E-state index contributed by atoms with van der Waals surface area (Å²) in [7, 11) is 0. The van der Waals surface area contributed by atoms with Crippen LogP contribution in [-0.2, 0) is 11.0 Å². The fourth-order valence-electron chi connectivity index (χ4n) is 5.17. The van der Waals surface area contributed by atoms with Crippen molar-refractivity contribution in [3.63, 3.8) is 0 Å². The molecule has 7 heteroatoms. The quantitative estimate of drug-likeness (QED) is 0.304. The van der Waals surface area contributed by atoms with Gasteiger partial charge in [-0.2, -0.15) is 5.10 Å². The molecule has 5 rings (SSSR count). The van der Waals surface area contributed by atoms with Crippen LogP contribution in [0.15, 0.2) is 60.8 Å². The number of fused-ring (bicyclic) bond motifs is 1. The molecule has 1 N–H and O–H groups in total. The zero-order valence-electron chi connectivity index (χ0n) is 20.0. The summed E-state index contributed by atoms with van der Waals surface area (Å²) in [5, 5.41) is 20.6. The SMILES string of the molecule is CCC(CC)(c1ccc(Cl)cc1)c1nnc(-c2cnn3c2NC(c2ccccc2)CC3(C)C)s1. The van der Waals surface area contributed by atoms with E-state index in [9.17, 15) is 0 Å². The van der Waals surface area contributed by atoms with Crippen LogP contribution in [0.5, 0.6) is 0 Å². The lowest BCUT2D eigenvalue weighted by Crippen LogP contribution is -2.37. The standard InChI is InChI=1S/C27H30ClN5S/c1-5-27(6-2,19-12-14-20(28)15-13-19)25-32-31-24(34-25)21-17-29-33-23(21)30-22(16-26(33,3)4)18-10-8-7-9-11-18/h7-15,17,22,30H,5-6,16H2,1-4H3. The van der Waals surface area contributed by atoms with E-state index in [-0.39, 0.29) is 17.0 Å². The van der Waals surface area contributed by atoms with Gasteiger partial charge in [-0.1, -0.05) is 79.2 Å². The maximum absolute atomic E-state index is 6.17. The van der Waals surface area contributed by atoms with Gasteiger partial charge in [0.2, 0.25) is 0 Å². The van der Waals surface area contributed by atoms with Crippen molar-refractivity contribution in [1.82, 2.24) is 20.0 Å². The van der Waals surface area contributed by atoms with E-state index in [2.05, 4.69) is 85.3 Å². The first-order valence-corrected chi connectivity index (χ1v) is 13.1. The van der Waals surface area contributed by atoms with Gasteiger partial charge in [-0.05, 0) is 56.4 Å². The normalized spacial score (nSPS) is 17.3. The average molecular weight is 492 g/mol. The van der Waals surface area contributed by atoms with Gasteiger partial charge < -0.3 is 5.32 Å². The summed E-state index contributed by atoms with van der Waals surface area (Å²) < 4.78 is 2.11. The van der Waals surface area contributed by atoms with Crippen LogP contribution in [0.2, 0.25) is 5.02 Å². The molecule has 1 aliphatic rings. The number of rotatable bonds is 6. The number of hydrogen-bond donors (Lipinski definition) is 1. The van der Waals surface area contributed by atoms with Gasteiger partial charge >= 0.3 is 0 Å². The van der Waals surface area contributed by atoms with Gasteiger partial charge in [0.15, 0.2) is 5.01 Å². The molecule has 0 saturated carbocycles. The van der Waals surface area contributed by atoms with Gasteiger partial charge in [0, 0.05) is 10.4 Å². The number of nitrogens with zero attached hydrogens (tertiary/aromatic N) is 4. The van der Waals surface area contributed by atoms with Crippen LogP contribution in [-0.4, -0.2) is 20.0 Å². The lowest BCUT2D eigenvalue weighted by atomic mass is 9.76. The molecule has 0 saturated heterocycles. The van der Waals surface area contributed by atoms with E-state index in [1.54, 1.807) is 11.3 Å². The van der Waals surface area contributed by atoms with Crippen molar-refractivity contribution in [3.05, 3.63) is 82.0 Å². The first kappa shape index (κ1) is 23.1. The lowest BCUT2D eigenvalue weighted by molar-refractivity contribution is 0.263. The van der Waals surface area contributed by atoms with Crippen LogP contribution in [0.3, 0.4) is 0 Å². The Morgan fingerprint density at radius 2 is 1.76 bits per heavy atom. The number of nitrogens with one attached hydrogen (secondary N) is 1. The van der Waals surface area contributed by atoms with Crippen molar-refractivity contribution in [2.24, 2.45) is 0 Å². The predicted octanol–water partition coefficient (Wildman–Crippen LogP) is 7.45. The second-order valence-corrected chi connectivity index (χ2v) is 11.1. The highest BCUT2D eigenvalue weighted by Gasteiger charge is 2.38. The molecular formula is C27H30ClN5S. The van der Waals surface area contributed by atoms with Crippen molar-refractivity contribution in [1.29, 1.82) is 0 Å². The molecule has 2 aromatic heterocycles. The average Bonchev–Trinajstić information content (AvgIpc) is 3.50. The van der Waals surface area contributed by atoms with Crippen molar-refractivity contribution in [2.75, 3.05) is 5.32 Å². The van der Waals surface area contributed by atoms with Crippen LogP contribution in [0.1, 0.15) is 69.1 Å². The molecule has 176 valence electrons. The summed E-state index contributed by atoms with van der Waals surface area (Å²) in [6.07, 6.45) is 4.77. The maximum Gasteiger partial charge on any atom is 0.153 e. The Labute approximate surface area is 210 Å². The highest BCUT2D eigenvalue weighted by Crippen LogP contribution is 2.46. The van der Waals surface area contributed by atoms with E-state index < -0.39 is 0 Å². The molecule has 1 atom stereocenters. The van der Waals surface area contributed by atoms with Crippen molar-refractivity contribution in [3.8, 4) is 10.6 Å². The van der Waals surface area contributed by atoms with Crippen LogP contribution < -0.4 is 5.32 Å². The van der Waals surface area contributed by atoms with E-state index in [0.29, 0.717) is 0 Å². The first-order valence-electron chi connectivity index (χ1n) is 11.9. The van der Waals surface area contributed by atoms with Gasteiger partial charge in [0.25, 0.3) is 0 Å². The number of halogens is 1. The number of anilines is 1. The molecule has 5 nitrogen and oxygen atoms in total.